The zero-order valence-electron chi connectivity index (χ0n) is 7.86. The molecule has 13 heavy (non-hydrogen) atoms. The maximum Gasteiger partial charge on any atom is 0.0769 e. The lowest BCUT2D eigenvalue weighted by atomic mass is 9.93. The number of nitrogens with two attached hydrogens (primary N) is 1. The van der Waals surface area contributed by atoms with Crippen molar-refractivity contribution >= 4 is 0 Å². The molecule has 70 valence electrons. The lowest BCUT2D eigenvalue weighted by molar-refractivity contribution is 0.00680. The summed E-state index contributed by atoms with van der Waals surface area (Å²) in [6.07, 6.45) is 1.17. The summed E-state index contributed by atoms with van der Waals surface area (Å²) >= 11 is 0. The lowest BCUT2D eigenvalue weighted by Gasteiger charge is -2.30. The average molecular weight is 177 g/mol. The fraction of sp³-hybridized carbons (Fsp3) is 0.455. The highest BCUT2D eigenvalue weighted by atomic mass is 16.5. The van der Waals surface area contributed by atoms with E-state index in [1.54, 1.807) is 0 Å². The van der Waals surface area contributed by atoms with Gasteiger partial charge in [0.1, 0.15) is 0 Å². The van der Waals surface area contributed by atoms with Gasteiger partial charge in [-0.15, -0.1) is 0 Å². The third-order valence-corrected chi connectivity index (χ3v) is 2.67. The van der Waals surface area contributed by atoms with Crippen LogP contribution in [0.25, 0.3) is 0 Å². The molecular formula is C11H15NO. The molecule has 1 aliphatic heterocycles. The molecule has 0 saturated carbocycles. The number of ether oxygens (including phenoxy) is 1. The van der Waals surface area contributed by atoms with E-state index < -0.39 is 0 Å². The molecule has 0 aliphatic carbocycles. The van der Waals surface area contributed by atoms with Crippen LogP contribution in [0.3, 0.4) is 0 Å². The SMILES string of the molecule is CC[C@@H]1OCc2ccccc2C1N. The monoisotopic (exact) mass is 177 g/mol. The molecule has 2 rings (SSSR count). The second kappa shape index (κ2) is 3.48. The van der Waals surface area contributed by atoms with E-state index >= 15 is 0 Å². The standard InChI is InChI=1S/C11H15NO/c1-2-10-11(12)9-6-4-3-5-8(9)7-13-10/h3-6,10-11H,2,7,12H2,1H3/t10-,11?/m0/s1. The molecule has 2 nitrogen and oxygen atoms in total. The van der Waals surface area contributed by atoms with Crippen LogP contribution in [0, 0.1) is 0 Å². The van der Waals surface area contributed by atoms with E-state index in [-0.39, 0.29) is 12.1 Å². The Kier molecular flexibility index (Phi) is 2.34. The number of hydrogen-bond donors (Lipinski definition) is 1. The van der Waals surface area contributed by atoms with E-state index in [1.807, 2.05) is 12.1 Å². The predicted octanol–water partition coefficient (Wildman–Crippen LogP) is 2.00. The van der Waals surface area contributed by atoms with Crippen LogP contribution >= 0.6 is 0 Å². The van der Waals surface area contributed by atoms with Crippen molar-refractivity contribution in [3.05, 3.63) is 35.4 Å². The topological polar surface area (TPSA) is 35.2 Å². The smallest absolute Gasteiger partial charge is 0.0769 e. The first kappa shape index (κ1) is 8.73. The molecule has 1 aromatic carbocycles. The Morgan fingerprint density at radius 1 is 1.46 bits per heavy atom. The molecule has 0 spiro atoms. The van der Waals surface area contributed by atoms with Crippen molar-refractivity contribution in [2.75, 3.05) is 0 Å². The molecule has 0 aromatic heterocycles. The Bertz CT molecular complexity index is 298. The van der Waals surface area contributed by atoms with Gasteiger partial charge in [-0.25, -0.2) is 0 Å². The van der Waals surface area contributed by atoms with Gasteiger partial charge in [0.2, 0.25) is 0 Å². The highest BCUT2D eigenvalue weighted by Crippen LogP contribution is 2.28. The van der Waals surface area contributed by atoms with Crippen LogP contribution in [0.2, 0.25) is 0 Å². The average Bonchev–Trinajstić information content (AvgIpc) is 2.19. The van der Waals surface area contributed by atoms with Crippen LogP contribution in [0.1, 0.15) is 30.5 Å². The van der Waals surface area contributed by atoms with Gasteiger partial charge in [-0.1, -0.05) is 31.2 Å². The van der Waals surface area contributed by atoms with Gasteiger partial charge in [0, 0.05) is 0 Å². The quantitative estimate of drug-likeness (QED) is 0.712. The molecule has 2 N–H and O–H groups in total. The molecule has 0 bridgehead atoms. The van der Waals surface area contributed by atoms with Gasteiger partial charge in [0.05, 0.1) is 18.8 Å². The highest BCUT2D eigenvalue weighted by molar-refractivity contribution is 5.31. The zero-order chi connectivity index (χ0) is 9.26. The highest BCUT2D eigenvalue weighted by Gasteiger charge is 2.25. The molecule has 0 radical (unpaired) electrons. The fourth-order valence-corrected chi connectivity index (χ4v) is 1.86. The van der Waals surface area contributed by atoms with Crippen molar-refractivity contribution in [1.29, 1.82) is 0 Å². The molecule has 2 heteroatoms. The van der Waals surface area contributed by atoms with Crippen molar-refractivity contribution in [1.82, 2.24) is 0 Å². The number of rotatable bonds is 1. The van der Waals surface area contributed by atoms with Gasteiger partial charge in [-0.2, -0.15) is 0 Å². The molecular weight excluding hydrogens is 162 g/mol. The second-order valence-electron chi connectivity index (χ2n) is 3.48. The second-order valence-corrected chi connectivity index (χ2v) is 3.48. The van der Waals surface area contributed by atoms with Crippen molar-refractivity contribution in [3.63, 3.8) is 0 Å². The predicted molar refractivity (Wildman–Crippen MR) is 52.2 cm³/mol. The van der Waals surface area contributed by atoms with Crippen molar-refractivity contribution in [2.24, 2.45) is 5.73 Å². The van der Waals surface area contributed by atoms with Crippen LogP contribution in [-0.4, -0.2) is 6.10 Å². The van der Waals surface area contributed by atoms with Crippen LogP contribution in [0.15, 0.2) is 24.3 Å². The van der Waals surface area contributed by atoms with Gasteiger partial charge in [0.15, 0.2) is 0 Å². The third-order valence-electron chi connectivity index (χ3n) is 2.67. The summed E-state index contributed by atoms with van der Waals surface area (Å²) in [5.41, 5.74) is 8.56. The summed E-state index contributed by atoms with van der Waals surface area (Å²) in [6.45, 7) is 2.82. The Morgan fingerprint density at radius 2 is 2.23 bits per heavy atom. The maximum atomic E-state index is 6.08. The van der Waals surface area contributed by atoms with Crippen molar-refractivity contribution < 1.29 is 4.74 Å². The Hall–Kier alpha value is -0.860. The minimum Gasteiger partial charge on any atom is -0.372 e. The molecule has 1 aliphatic rings. The number of fused-ring (bicyclic) bond motifs is 1. The minimum absolute atomic E-state index is 0.0509. The molecule has 0 amide bonds. The number of hydrogen-bond acceptors (Lipinski definition) is 2. The molecule has 1 aromatic rings. The van der Waals surface area contributed by atoms with E-state index in [9.17, 15) is 0 Å². The molecule has 0 saturated heterocycles. The summed E-state index contributed by atoms with van der Waals surface area (Å²) in [4.78, 5) is 0. The van der Waals surface area contributed by atoms with E-state index in [1.165, 1.54) is 11.1 Å². The maximum absolute atomic E-state index is 6.08. The first-order valence-corrected chi connectivity index (χ1v) is 4.78. The fourth-order valence-electron chi connectivity index (χ4n) is 1.86. The van der Waals surface area contributed by atoms with E-state index in [0.717, 1.165) is 6.42 Å². The normalized spacial score (nSPS) is 26.9. The molecule has 2 atom stereocenters. The summed E-state index contributed by atoms with van der Waals surface area (Å²) < 4.78 is 5.64. The first-order chi connectivity index (χ1) is 6.33. The van der Waals surface area contributed by atoms with Gasteiger partial charge in [0.25, 0.3) is 0 Å². The van der Waals surface area contributed by atoms with Crippen LogP contribution in [0.5, 0.6) is 0 Å². The summed E-state index contributed by atoms with van der Waals surface area (Å²) in [5.74, 6) is 0. The van der Waals surface area contributed by atoms with E-state index in [0.29, 0.717) is 6.61 Å². The summed E-state index contributed by atoms with van der Waals surface area (Å²) in [5, 5.41) is 0. The lowest BCUT2D eigenvalue weighted by Crippen LogP contribution is -2.33. The van der Waals surface area contributed by atoms with Crippen LogP contribution in [-0.2, 0) is 11.3 Å². The van der Waals surface area contributed by atoms with E-state index in [4.69, 9.17) is 10.5 Å². The third kappa shape index (κ3) is 1.47. The van der Waals surface area contributed by atoms with Gasteiger partial charge in [-0.3, -0.25) is 0 Å². The Morgan fingerprint density at radius 3 is 3.00 bits per heavy atom. The minimum atomic E-state index is 0.0509. The molecule has 0 fully saturated rings. The first-order valence-electron chi connectivity index (χ1n) is 4.78. The Balaban J connectivity index is 2.33. The summed E-state index contributed by atoms with van der Waals surface area (Å²) in [6, 6.07) is 8.31. The van der Waals surface area contributed by atoms with E-state index in [2.05, 4.69) is 19.1 Å². The molecule has 1 unspecified atom stereocenters. The van der Waals surface area contributed by atoms with Gasteiger partial charge in [-0.05, 0) is 17.5 Å². The zero-order valence-corrected chi connectivity index (χ0v) is 7.86. The van der Waals surface area contributed by atoms with Crippen molar-refractivity contribution in [3.8, 4) is 0 Å². The largest absolute Gasteiger partial charge is 0.372 e. The number of benzene rings is 1. The van der Waals surface area contributed by atoms with Crippen LogP contribution < -0.4 is 5.73 Å². The van der Waals surface area contributed by atoms with Gasteiger partial charge < -0.3 is 10.5 Å². The van der Waals surface area contributed by atoms with Gasteiger partial charge >= 0.3 is 0 Å². The van der Waals surface area contributed by atoms with Crippen LogP contribution in [0.4, 0.5) is 0 Å². The van der Waals surface area contributed by atoms with Crippen molar-refractivity contribution in [2.45, 2.75) is 32.1 Å². The summed E-state index contributed by atoms with van der Waals surface area (Å²) in [7, 11) is 0. The Labute approximate surface area is 78.7 Å². The molecule has 1 heterocycles.